The van der Waals surface area contributed by atoms with Crippen molar-refractivity contribution in [2.45, 2.75) is 11.7 Å². The predicted molar refractivity (Wildman–Crippen MR) is 82.5 cm³/mol. The molecule has 2 rings (SSSR count). The molecule has 0 saturated heterocycles. The summed E-state index contributed by atoms with van der Waals surface area (Å²) in [5.74, 6) is 0.250. The summed E-state index contributed by atoms with van der Waals surface area (Å²) in [6, 6.07) is 5.32. The highest BCUT2D eigenvalue weighted by Crippen LogP contribution is 2.23. The number of tetrazole rings is 1. The van der Waals surface area contributed by atoms with Gasteiger partial charge in [0.1, 0.15) is 0 Å². The van der Waals surface area contributed by atoms with E-state index in [2.05, 4.69) is 15.5 Å². The second kappa shape index (κ2) is 7.11. The maximum Gasteiger partial charge on any atom is 0.233 e. The van der Waals surface area contributed by atoms with Gasteiger partial charge >= 0.3 is 0 Å². The van der Waals surface area contributed by atoms with Crippen LogP contribution in [-0.4, -0.2) is 43.8 Å². The molecule has 112 valence electrons. The molecule has 0 N–H and O–H groups in total. The minimum atomic E-state index is -0.0194. The van der Waals surface area contributed by atoms with E-state index in [9.17, 15) is 4.79 Å². The summed E-state index contributed by atoms with van der Waals surface area (Å²) < 4.78 is 1.52. The zero-order valence-electron chi connectivity index (χ0n) is 11.5. The maximum absolute atomic E-state index is 12.1. The molecule has 0 bridgehead atoms. The predicted octanol–water partition coefficient (Wildman–Crippen LogP) is 2.27. The molecule has 0 saturated carbocycles. The van der Waals surface area contributed by atoms with Gasteiger partial charge in [-0.15, -0.1) is 5.10 Å². The molecule has 0 fully saturated rings. The van der Waals surface area contributed by atoms with Gasteiger partial charge in [-0.3, -0.25) is 4.79 Å². The van der Waals surface area contributed by atoms with Crippen molar-refractivity contribution in [2.24, 2.45) is 7.05 Å². The fourth-order valence-electron chi connectivity index (χ4n) is 1.58. The smallest absolute Gasteiger partial charge is 0.233 e. The number of carbonyl (C=O) groups is 1. The van der Waals surface area contributed by atoms with Crippen molar-refractivity contribution >= 4 is 40.9 Å². The molecule has 0 aliphatic carbocycles. The third-order valence-electron chi connectivity index (χ3n) is 2.74. The molecule has 9 heteroatoms. The summed E-state index contributed by atoms with van der Waals surface area (Å²) in [5, 5.41) is 12.6. The van der Waals surface area contributed by atoms with Gasteiger partial charge in [-0.25, -0.2) is 4.68 Å². The van der Waals surface area contributed by atoms with Crippen LogP contribution in [0, 0.1) is 0 Å². The van der Waals surface area contributed by atoms with Gasteiger partial charge in [0.15, 0.2) is 0 Å². The van der Waals surface area contributed by atoms with E-state index in [1.807, 2.05) is 6.07 Å². The van der Waals surface area contributed by atoms with Crippen LogP contribution in [0.4, 0.5) is 0 Å². The SMILES string of the molecule is CN(Cc1ccc(Cl)c(Cl)c1)C(=O)CSc1nnnn1C. The average Bonchev–Trinajstić information content (AvgIpc) is 2.85. The Labute approximate surface area is 136 Å². The molecule has 0 atom stereocenters. The highest BCUT2D eigenvalue weighted by molar-refractivity contribution is 7.99. The third kappa shape index (κ3) is 4.33. The largest absolute Gasteiger partial charge is 0.341 e. The van der Waals surface area contributed by atoms with Gasteiger partial charge < -0.3 is 4.90 Å². The lowest BCUT2D eigenvalue weighted by Gasteiger charge is -2.17. The molecule has 0 aliphatic rings. The summed E-state index contributed by atoms with van der Waals surface area (Å²) in [6.07, 6.45) is 0. The number of rotatable bonds is 5. The number of amides is 1. The van der Waals surface area contributed by atoms with Crippen molar-refractivity contribution in [1.82, 2.24) is 25.1 Å². The normalized spacial score (nSPS) is 10.7. The van der Waals surface area contributed by atoms with Gasteiger partial charge in [0.05, 0.1) is 15.8 Å². The van der Waals surface area contributed by atoms with Crippen molar-refractivity contribution in [3.63, 3.8) is 0 Å². The molecule has 1 aromatic carbocycles. The van der Waals surface area contributed by atoms with E-state index in [1.54, 1.807) is 31.1 Å². The maximum atomic E-state index is 12.1. The first kappa shape index (κ1) is 16.1. The Hall–Kier alpha value is -1.31. The first-order chi connectivity index (χ1) is 9.97. The van der Waals surface area contributed by atoms with E-state index in [0.717, 1.165) is 5.56 Å². The molecule has 1 heterocycles. The van der Waals surface area contributed by atoms with E-state index < -0.39 is 0 Å². The van der Waals surface area contributed by atoms with Crippen LogP contribution in [0.5, 0.6) is 0 Å². The number of aromatic nitrogens is 4. The zero-order valence-corrected chi connectivity index (χ0v) is 13.8. The summed E-state index contributed by atoms with van der Waals surface area (Å²) in [6.45, 7) is 0.466. The minimum absolute atomic E-state index is 0.0194. The summed E-state index contributed by atoms with van der Waals surface area (Å²) in [5.41, 5.74) is 0.922. The lowest BCUT2D eigenvalue weighted by Crippen LogP contribution is -2.27. The lowest BCUT2D eigenvalue weighted by molar-refractivity contribution is -0.127. The number of thioether (sulfide) groups is 1. The Bertz CT molecular complexity index is 648. The number of halogens is 2. The second-order valence-corrected chi connectivity index (χ2v) is 6.13. The van der Waals surface area contributed by atoms with Crippen LogP contribution in [0.15, 0.2) is 23.4 Å². The van der Waals surface area contributed by atoms with Crippen molar-refractivity contribution in [2.75, 3.05) is 12.8 Å². The van der Waals surface area contributed by atoms with E-state index in [1.165, 1.54) is 16.4 Å². The molecule has 1 amide bonds. The molecule has 0 radical (unpaired) electrons. The first-order valence-electron chi connectivity index (χ1n) is 6.00. The Morgan fingerprint density at radius 3 is 2.76 bits per heavy atom. The Morgan fingerprint density at radius 1 is 1.38 bits per heavy atom. The molecule has 21 heavy (non-hydrogen) atoms. The number of carbonyl (C=O) groups excluding carboxylic acids is 1. The van der Waals surface area contributed by atoms with Crippen LogP contribution in [0.2, 0.25) is 10.0 Å². The topological polar surface area (TPSA) is 63.9 Å². The van der Waals surface area contributed by atoms with Crippen LogP contribution >= 0.6 is 35.0 Å². The molecule has 0 unspecified atom stereocenters. The first-order valence-corrected chi connectivity index (χ1v) is 7.74. The summed E-state index contributed by atoms with van der Waals surface area (Å²) >= 11 is 13.1. The van der Waals surface area contributed by atoms with Gasteiger partial charge in [0.2, 0.25) is 11.1 Å². The van der Waals surface area contributed by atoms with Crippen LogP contribution in [0.25, 0.3) is 0 Å². The molecule has 0 aliphatic heterocycles. The van der Waals surface area contributed by atoms with Gasteiger partial charge in [0.25, 0.3) is 0 Å². The molecular formula is C12H13Cl2N5OS. The fourth-order valence-corrected chi connectivity index (χ4v) is 2.69. The van der Waals surface area contributed by atoms with Crippen molar-refractivity contribution in [3.05, 3.63) is 33.8 Å². The summed E-state index contributed by atoms with van der Waals surface area (Å²) in [7, 11) is 3.46. The molecule has 2 aromatic rings. The highest BCUT2D eigenvalue weighted by Gasteiger charge is 2.13. The third-order valence-corrected chi connectivity index (χ3v) is 4.47. The standard InChI is InChI=1S/C12H13Cl2N5OS/c1-18(6-8-3-4-9(13)10(14)5-8)11(20)7-21-12-15-16-17-19(12)2/h3-5H,6-7H2,1-2H3. The van der Waals surface area contributed by atoms with E-state index in [4.69, 9.17) is 23.2 Å². The number of nitrogens with zero attached hydrogens (tertiary/aromatic N) is 5. The quantitative estimate of drug-likeness (QED) is 0.777. The molecule has 1 aromatic heterocycles. The van der Waals surface area contributed by atoms with Gasteiger partial charge in [-0.05, 0) is 28.1 Å². The Kier molecular flexibility index (Phi) is 5.44. The van der Waals surface area contributed by atoms with Crippen LogP contribution in [-0.2, 0) is 18.4 Å². The van der Waals surface area contributed by atoms with Crippen LogP contribution in [0.3, 0.4) is 0 Å². The van der Waals surface area contributed by atoms with E-state index in [-0.39, 0.29) is 11.7 Å². The van der Waals surface area contributed by atoms with E-state index >= 15 is 0 Å². The fraction of sp³-hybridized carbons (Fsp3) is 0.333. The number of aryl methyl sites for hydroxylation is 1. The average molecular weight is 346 g/mol. The van der Waals surface area contributed by atoms with Crippen LogP contribution in [0.1, 0.15) is 5.56 Å². The number of hydrogen-bond donors (Lipinski definition) is 0. The van der Waals surface area contributed by atoms with Gasteiger partial charge in [-0.1, -0.05) is 41.0 Å². The summed E-state index contributed by atoms with van der Waals surface area (Å²) in [4.78, 5) is 13.7. The lowest BCUT2D eigenvalue weighted by atomic mass is 10.2. The minimum Gasteiger partial charge on any atom is -0.341 e. The number of hydrogen-bond acceptors (Lipinski definition) is 5. The molecule has 6 nitrogen and oxygen atoms in total. The zero-order chi connectivity index (χ0) is 15.4. The van der Waals surface area contributed by atoms with Gasteiger partial charge in [-0.2, -0.15) is 0 Å². The highest BCUT2D eigenvalue weighted by atomic mass is 35.5. The molecule has 0 spiro atoms. The van der Waals surface area contributed by atoms with Crippen molar-refractivity contribution in [1.29, 1.82) is 0 Å². The Balaban J connectivity index is 1.90. The van der Waals surface area contributed by atoms with Crippen molar-refractivity contribution in [3.8, 4) is 0 Å². The second-order valence-electron chi connectivity index (χ2n) is 4.37. The van der Waals surface area contributed by atoms with Crippen LogP contribution < -0.4 is 0 Å². The molecular weight excluding hydrogens is 333 g/mol. The van der Waals surface area contributed by atoms with Crippen molar-refractivity contribution < 1.29 is 4.79 Å². The monoisotopic (exact) mass is 345 g/mol. The Morgan fingerprint density at radius 2 is 2.14 bits per heavy atom. The van der Waals surface area contributed by atoms with Gasteiger partial charge in [0, 0.05) is 20.6 Å². The number of benzene rings is 1. The van der Waals surface area contributed by atoms with E-state index in [0.29, 0.717) is 21.7 Å².